The van der Waals surface area contributed by atoms with E-state index in [4.69, 9.17) is 0 Å². The lowest BCUT2D eigenvalue weighted by molar-refractivity contribution is 0.715. The molecule has 0 saturated carbocycles. The van der Waals surface area contributed by atoms with Gasteiger partial charge in [0.15, 0.2) is 0 Å². The van der Waals surface area contributed by atoms with Gasteiger partial charge in [-0.05, 0) is 124 Å². The molecule has 0 spiro atoms. The van der Waals surface area contributed by atoms with Gasteiger partial charge in [-0.15, -0.1) is 0 Å². The predicted molar refractivity (Wildman–Crippen MR) is 242 cm³/mol. The molecule has 1 atom stereocenters. The highest BCUT2D eigenvalue weighted by Crippen LogP contribution is 2.42. The number of anilines is 5. The molecule has 0 aromatic heterocycles. The number of allylic oxidation sites excluding steroid dienone is 4. The van der Waals surface area contributed by atoms with E-state index in [-0.39, 0.29) is 0 Å². The Balaban J connectivity index is 1.10. The first-order valence-electron chi connectivity index (χ1n) is 19.8. The van der Waals surface area contributed by atoms with Crippen LogP contribution in [0, 0.1) is 5.92 Å². The zero-order valence-corrected chi connectivity index (χ0v) is 32.1. The Hall–Kier alpha value is -7.16. The van der Waals surface area contributed by atoms with Crippen molar-refractivity contribution in [2.75, 3.05) is 9.80 Å². The molecule has 0 aliphatic heterocycles. The molecule has 1 aliphatic rings. The molecule has 0 saturated heterocycles. The summed E-state index contributed by atoms with van der Waals surface area (Å²) in [6.07, 6.45) is 5.56. The fourth-order valence-corrected chi connectivity index (χ4v) is 8.00. The number of hydrogen-bond donors (Lipinski definition) is 0. The first-order chi connectivity index (χ1) is 28.2. The van der Waals surface area contributed by atoms with Gasteiger partial charge in [-0.3, -0.25) is 0 Å². The smallest absolute Gasteiger partial charge is 0.0463 e. The van der Waals surface area contributed by atoms with Crippen molar-refractivity contribution in [3.05, 3.63) is 242 Å². The Morgan fingerprint density at radius 2 is 0.579 bits per heavy atom. The molecule has 1 unspecified atom stereocenters. The summed E-state index contributed by atoms with van der Waals surface area (Å²) in [7, 11) is 0. The van der Waals surface area contributed by atoms with Gasteiger partial charge in [0.1, 0.15) is 0 Å². The maximum absolute atomic E-state index is 2.43. The second-order valence-electron chi connectivity index (χ2n) is 14.7. The summed E-state index contributed by atoms with van der Waals surface area (Å²) in [5, 5.41) is 0. The minimum atomic E-state index is 0.367. The van der Waals surface area contributed by atoms with E-state index in [0.717, 1.165) is 34.9 Å². The van der Waals surface area contributed by atoms with Crippen LogP contribution in [0.25, 0.3) is 39.0 Å². The standard InChI is InChI=1S/C55H44N2/c1-41-40-54(38-39-55(41)48-20-12-5-13-21-48)57(51-32-26-47(27-33-51)44-18-10-4-11-19-44)53-36-34-52(35-37-53)56(49-28-22-45(23-29-49)42-14-6-2-7-15-42)50-30-24-46(25-31-50)43-16-8-3-9-17-43/h2-39,41H,40H2,1H3. The Morgan fingerprint density at radius 1 is 0.298 bits per heavy atom. The first-order valence-corrected chi connectivity index (χ1v) is 19.8. The number of nitrogens with zero attached hydrogens (tertiary/aromatic N) is 2. The maximum atomic E-state index is 2.43. The summed E-state index contributed by atoms with van der Waals surface area (Å²) in [5.41, 5.74) is 16.7. The van der Waals surface area contributed by atoms with Crippen LogP contribution in [0.4, 0.5) is 28.4 Å². The second-order valence-corrected chi connectivity index (χ2v) is 14.7. The lowest BCUT2D eigenvalue weighted by Crippen LogP contribution is -2.20. The summed E-state index contributed by atoms with van der Waals surface area (Å²) < 4.78 is 0. The summed E-state index contributed by atoms with van der Waals surface area (Å²) in [6.45, 7) is 2.34. The van der Waals surface area contributed by atoms with Crippen molar-refractivity contribution in [2.45, 2.75) is 13.3 Å². The van der Waals surface area contributed by atoms with Gasteiger partial charge in [-0.1, -0.05) is 171 Å². The number of hydrogen-bond acceptors (Lipinski definition) is 2. The van der Waals surface area contributed by atoms with Crippen molar-refractivity contribution in [3.8, 4) is 33.4 Å². The Kier molecular flexibility index (Phi) is 10.2. The zero-order valence-electron chi connectivity index (χ0n) is 32.1. The van der Waals surface area contributed by atoms with Gasteiger partial charge in [-0.25, -0.2) is 0 Å². The minimum Gasteiger partial charge on any atom is -0.314 e. The van der Waals surface area contributed by atoms with Gasteiger partial charge in [0.25, 0.3) is 0 Å². The van der Waals surface area contributed by atoms with Gasteiger partial charge in [0.2, 0.25) is 0 Å². The van der Waals surface area contributed by atoms with Crippen LogP contribution < -0.4 is 9.80 Å². The van der Waals surface area contributed by atoms with Crippen LogP contribution in [0.5, 0.6) is 0 Å². The second kappa shape index (κ2) is 16.3. The van der Waals surface area contributed by atoms with Crippen molar-refractivity contribution in [2.24, 2.45) is 5.92 Å². The van der Waals surface area contributed by atoms with Crippen LogP contribution in [0.1, 0.15) is 18.9 Å². The molecular weight excluding hydrogens is 689 g/mol. The van der Waals surface area contributed by atoms with E-state index in [1.807, 2.05) is 0 Å². The number of benzene rings is 8. The van der Waals surface area contributed by atoms with Gasteiger partial charge in [0, 0.05) is 34.1 Å². The van der Waals surface area contributed by atoms with E-state index in [1.165, 1.54) is 50.2 Å². The molecule has 0 amide bonds. The number of rotatable bonds is 10. The van der Waals surface area contributed by atoms with Gasteiger partial charge < -0.3 is 9.80 Å². The van der Waals surface area contributed by atoms with Gasteiger partial charge in [0.05, 0.1) is 0 Å². The third-order valence-corrected chi connectivity index (χ3v) is 11.0. The molecule has 0 bridgehead atoms. The van der Waals surface area contributed by atoms with E-state index in [0.29, 0.717) is 5.92 Å². The van der Waals surface area contributed by atoms with Crippen molar-refractivity contribution < 1.29 is 0 Å². The highest BCUT2D eigenvalue weighted by Gasteiger charge is 2.23. The summed E-state index contributed by atoms with van der Waals surface area (Å²) in [6, 6.07) is 78.4. The van der Waals surface area contributed by atoms with E-state index in [2.05, 4.69) is 247 Å². The van der Waals surface area contributed by atoms with Crippen LogP contribution in [0.3, 0.4) is 0 Å². The largest absolute Gasteiger partial charge is 0.314 e. The van der Waals surface area contributed by atoms with Crippen LogP contribution in [-0.2, 0) is 0 Å². The average Bonchev–Trinajstić information content (AvgIpc) is 3.29. The molecular formula is C55H44N2. The molecule has 0 N–H and O–H groups in total. The Labute approximate surface area is 337 Å². The van der Waals surface area contributed by atoms with Gasteiger partial charge in [-0.2, -0.15) is 0 Å². The normalized spacial score (nSPS) is 13.7. The first kappa shape index (κ1) is 35.5. The highest BCUT2D eigenvalue weighted by molar-refractivity contribution is 5.82. The van der Waals surface area contributed by atoms with E-state index >= 15 is 0 Å². The zero-order chi connectivity index (χ0) is 38.4. The molecule has 8 aromatic rings. The Morgan fingerprint density at radius 3 is 0.912 bits per heavy atom. The SMILES string of the molecule is CC1CC(N(c2ccc(-c3ccccc3)cc2)c2ccc(N(c3ccc(-c4ccccc4)cc3)c3ccc(-c4ccccc4)cc3)cc2)=CC=C1c1ccccc1. The topological polar surface area (TPSA) is 6.48 Å². The molecule has 0 heterocycles. The third-order valence-electron chi connectivity index (χ3n) is 11.0. The molecule has 9 rings (SSSR count). The van der Waals surface area contributed by atoms with E-state index in [1.54, 1.807) is 0 Å². The molecule has 57 heavy (non-hydrogen) atoms. The molecule has 2 nitrogen and oxygen atoms in total. The quantitative estimate of drug-likeness (QED) is 0.138. The monoisotopic (exact) mass is 732 g/mol. The van der Waals surface area contributed by atoms with Crippen molar-refractivity contribution in [1.82, 2.24) is 0 Å². The molecule has 274 valence electrons. The van der Waals surface area contributed by atoms with Crippen LogP contribution >= 0.6 is 0 Å². The highest BCUT2D eigenvalue weighted by atomic mass is 15.2. The van der Waals surface area contributed by atoms with Crippen LogP contribution in [0.2, 0.25) is 0 Å². The predicted octanol–water partition coefficient (Wildman–Crippen LogP) is 15.3. The fourth-order valence-electron chi connectivity index (χ4n) is 8.00. The van der Waals surface area contributed by atoms with Crippen molar-refractivity contribution in [1.29, 1.82) is 0 Å². The average molecular weight is 733 g/mol. The molecule has 0 fully saturated rings. The lowest BCUT2D eigenvalue weighted by Gasteiger charge is -2.33. The van der Waals surface area contributed by atoms with Crippen molar-refractivity contribution >= 4 is 34.0 Å². The van der Waals surface area contributed by atoms with E-state index in [9.17, 15) is 0 Å². The summed E-state index contributed by atoms with van der Waals surface area (Å²) >= 11 is 0. The third kappa shape index (κ3) is 7.72. The van der Waals surface area contributed by atoms with E-state index < -0.39 is 0 Å². The Bertz CT molecular complexity index is 2510. The molecule has 8 aromatic carbocycles. The molecule has 1 aliphatic carbocycles. The molecule has 0 radical (unpaired) electrons. The maximum Gasteiger partial charge on any atom is 0.0463 e. The molecule has 2 heteroatoms. The van der Waals surface area contributed by atoms with Crippen LogP contribution in [0.15, 0.2) is 236 Å². The minimum absolute atomic E-state index is 0.367. The van der Waals surface area contributed by atoms with Crippen molar-refractivity contribution in [3.63, 3.8) is 0 Å². The van der Waals surface area contributed by atoms with Gasteiger partial charge >= 0.3 is 0 Å². The summed E-state index contributed by atoms with van der Waals surface area (Å²) in [4.78, 5) is 4.78. The fraction of sp³-hybridized carbons (Fsp3) is 0.0545. The lowest BCUT2D eigenvalue weighted by atomic mass is 9.86. The van der Waals surface area contributed by atoms with Crippen LogP contribution in [-0.4, -0.2) is 0 Å². The summed E-state index contributed by atoms with van der Waals surface area (Å²) in [5.74, 6) is 0.367.